The van der Waals surface area contributed by atoms with Gasteiger partial charge in [-0.15, -0.1) is 0 Å². The molecule has 0 spiro atoms. The highest BCUT2D eigenvalue weighted by Crippen LogP contribution is 2.32. The number of aliphatic imine (C=N–C) groups is 1. The normalized spacial score (nSPS) is 12.6. The highest BCUT2D eigenvalue weighted by Gasteiger charge is 2.13. The van der Waals surface area contributed by atoms with E-state index in [1.54, 1.807) is 13.4 Å². The standard InChI is InChI=1S/C23H25N3O4/c1-27-19-7-4-17(5-8-19)14-25-23(24-11-10-20-3-2-12-28-20)26-15-18-6-9-21-22(13-18)30-16-29-21/h2-9,12-13H,10-11,14-16H2,1H3,(H2,24,25,26). The van der Waals surface area contributed by atoms with Gasteiger partial charge in [-0.3, -0.25) is 0 Å². The zero-order chi connectivity index (χ0) is 20.6. The molecule has 7 nitrogen and oxygen atoms in total. The maximum Gasteiger partial charge on any atom is 0.231 e. The van der Waals surface area contributed by atoms with Crippen molar-refractivity contribution in [3.05, 3.63) is 77.7 Å². The van der Waals surface area contributed by atoms with Crippen molar-refractivity contribution in [2.75, 3.05) is 20.4 Å². The summed E-state index contributed by atoms with van der Waals surface area (Å²) in [6.45, 7) is 2.15. The van der Waals surface area contributed by atoms with Crippen molar-refractivity contribution in [1.82, 2.24) is 10.6 Å². The molecule has 0 saturated heterocycles. The van der Waals surface area contributed by atoms with Crippen molar-refractivity contribution in [3.8, 4) is 17.2 Å². The fourth-order valence-electron chi connectivity index (χ4n) is 3.07. The van der Waals surface area contributed by atoms with E-state index in [9.17, 15) is 0 Å². The minimum atomic E-state index is 0.269. The number of ether oxygens (including phenoxy) is 3. The zero-order valence-electron chi connectivity index (χ0n) is 16.9. The number of nitrogens with zero attached hydrogens (tertiary/aromatic N) is 1. The molecule has 0 saturated carbocycles. The first-order valence-corrected chi connectivity index (χ1v) is 9.86. The van der Waals surface area contributed by atoms with Gasteiger partial charge in [0.25, 0.3) is 0 Å². The highest BCUT2D eigenvalue weighted by molar-refractivity contribution is 5.79. The summed E-state index contributed by atoms with van der Waals surface area (Å²) in [5.74, 6) is 4.05. The Balaban J connectivity index is 1.39. The Labute approximate surface area is 175 Å². The summed E-state index contributed by atoms with van der Waals surface area (Å²) in [6.07, 6.45) is 2.46. The minimum absolute atomic E-state index is 0.269. The molecule has 0 aliphatic carbocycles. The number of guanidine groups is 1. The molecule has 2 heterocycles. The van der Waals surface area contributed by atoms with Crippen molar-refractivity contribution in [1.29, 1.82) is 0 Å². The number of nitrogens with one attached hydrogen (secondary N) is 2. The second-order valence-electron chi connectivity index (χ2n) is 6.81. The lowest BCUT2D eigenvalue weighted by atomic mass is 10.2. The van der Waals surface area contributed by atoms with E-state index in [2.05, 4.69) is 10.6 Å². The van der Waals surface area contributed by atoms with Crippen LogP contribution in [0.5, 0.6) is 17.2 Å². The Hall–Kier alpha value is -3.61. The number of hydrogen-bond donors (Lipinski definition) is 2. The molecule has 1 aliphatic heterocycles. The Morgan fingerprint density at radius 3 is 2.63 bits per heavy atom. The zero-order valence-corrected chi connectivity index (χ0v) is 16.9. The summed E-state index contributed by atoms with van der Waals surface area (Å²) in [6, 6.07) is 17.7. The molecule has 2 aromatic carbocycles. The van der Waals surface area contributed by atoms with Crippen LogP contribution in [0.15, 0.2) is 70.3 Å². The van der Waals surface area contributed by atoms with Gasteiger partial charge in [0, 0.05) is 19.5 Å². The molecule has 0 unspecified atom stereocenters. The number of furan rings is 1. The lowest BCUT2D eigenvalue weighted by Crippen LogP contribution is -2.38. The van der Waals surface area contributed by atoms with Crippen molar-refractivity contribution < 1.29 is 18.6 Å². The van der Waals surface area contributed by atoms with Gasteiger partial charge in [-0.05, 0) is 47.5 Å². The number of benzene rings is 2. The van der Waals surface area contributed by atoms with E-state index in [0.29, 0.717) is 19.6 Å². The van der Waals surface area contributed by atoms with Gasteiger partial charge in [0.1, 0.15) is 11.5 Å². The second-order valence-corrected chi connectivity index (χ2v) is 6.81. The number of hydrogen-bond acceptors (Lipinski definition) is 5. The summed E-state index contributed by atoms with van der Waals surface area (Å²) in [5.41, 5.74) is 2.19. The minimum Gasteiger partial charge on any atom is -0.497 e. The third-order valence-electron chi connectivity index (χ3n) is 4.72. The van der Waals surface area contributed by atoms with Crippen LogP contribution in [0.4, 0.5) is 0 Å². The Morgan fingerprint density at radius 2 is 1.83 bits per heavy atom. The van der Waals surface area contributed by atoms with E-state index in [0.717, 1.165) is 46.5 Å². The van der Waals surface area contributed by atoms with Crippen molar-refractivity contribution in [3.63, 3.8) is 0 Å². The van der Waals surface area contributed by atoms with Crippen LogP contribution in [0, 0.1) is 0 Å². The van der Waals surface area contributed by atoms with E-state index in [-0.39, 0.29) is 6.79 Å². The quantitative estimate of drug-likeness (QED) is 0.440. The molecule has 1 aliphatic rings. The van der Waals surface area contributed by atoms with Gasteiger partial charge in [-0.25, -0.2) is 4.99 Å². The lowest BCUT2D eigenvalue weighted by Gasteiger charge is -2.13. The van der Waals surface area contributed by atoms with Crippen molar-refractivity contribution in [2.45, 2.75) is 19.5 Å². The summed E-state index contributed by atoms with van der Waals surface area (Å²) < 4.78 is 21.4. The third-order valence-corrected chi connectivity index (χ3v) is 4.72. The smallest absolute Gasteiger partial charge is 0.231 e. The molecule has 2 N–H and O–H groups in total. The third kappa shape index (κ3) is 5.26. The van der Waals surface area contributed by atoms with Gasteiger partial charge in [0.15, 0.2) is 17.5 Å². The molecular formula is C23H25N3O4. The number of fused-ring (bicyclic) bond motifs is 1. The molecule has 0 bridgehead atoms. The fraction of sp³-hybridized carbons (Fsp3) is 0.261. The van der Waals surface area contributed by atoms with Gasteiger partial charge in [-0.1, -0.05) is 18.2 Å². The Morgan fingerprint density at radius 1 is 1.00 bits per heavy atom. The molecule has 4 rings (SSSR count). The predicted molar refractivity (Wildman–Crippen MR) is 114 cm³/mol. The molecule has 156 valence electrons. The van der Waals surface area contributed by atoms with Gasteiger partial charge in [-0.2, -0.15) is 0 Å². The van der Waals surface area contributed by atoms with Crippen LogP contribution in [-0.2, 0) is 19.5 Å². The van der Waals surface area contributed by atoms with Crippen LogP contribution in [0.2, 0.25) is 0 Å². The summed E-state index contributed by atoms with van der Waals surface area (Å²) >= 11 is 0. The average Bonchev–Trinajstić information content (AvgIpc) is 3.47. The van der Waals surface area contributed by atoms with Crippen LogP contribution in [0.25, 0.3) is 0 Å². The Bertz CT molecular complexity index is 969. The van der Waals surface area contributed by atoms with Crippen LogP contribution in [-0.4, -0.2) is 26.4 Å². The first-order valence-electron chi connectivity index (χ1n) is 9.86. The SMILES string of the molecule is COc1ccc(CNC(=NCc2ccc3c(c2)OCO3)NCCc2ccco2)cc1. The molecule has 0 amide bonds. The second kappa shape index (κ2) is 9.73. The van der Waals surface area contributed by atoms with E-state index < -0.39 is 0 Å². The summed E-state index contributed by atoms with van der Waals surface area (Å²) in [5, 5.41) is 6.76. The van der Waals surface area contributed by atoms with E-state index >= 15 is 0 Å². The van der Waals surface area contributed by atoms with Gasteiger partial charge in [0.2, 0.25) is 6.79 Å². The molecule has 3 aromatic rings. The highest BCUT2D eigenvalue weighted by atomic mass is 16.7. The van der Waals surface area contributed by atoms with Gasteiger partial charge < -0.3 is 29.3 Å². The summed E-state index contributed by atoms with van der Waals surface area (Å²) in [7, 11) is 1.66. The van der Waals surface area contributed by atoms with E-state index in [1.165, 1.54) is 0 Å². The summed E-state index contributed by atoms with van der Waals surface area (Å²) in [4.78, 5) is 4.73. The molecule has 7 heteroatoms. The van der Waals surface area contributed by atoms with E-state index in [4.69, 9.17) is 23.6 Å². The molecule has 0 fully saturated rings. The molecule has 1 aromatic heterocycles. The largest absolute Gasteiger partial charge is 0.497 e. The first kappa shape index (κ1) is 19.7. The van der Waals surface area contributed by atoms with Crippen LogP contribution in [0.1, 0.15) is 16.9 Å². The van der Waals surface area contributed by atoms with E-state index in [1.807, 2.05) is 54.6 Å². The number of rotatable bonds is 8. The average molecular weight is 407 g/mol. The number of methoxy groups -OCH3 is 1. The molecular weight excluding hydrogens is 382 g/mol. The topological polar surface area (TPSA) is 77.2 Å². The lowest BCUT2D eigenvalue weighted by molar-refractivity contribution is 0.174. The van der Waals surface area contributed by atoms with Gasteiger partial charge in [0.05, 0.1) is 19.9 Å². The van der Waals surface area contributed by atoms with Crippen molar-refractivity contribution >= 4 is 5.96 Å². The first-order chi connectivity index (χ1) is 14.8. The monoisotopic (exact) mass is 407 g/mol. The Kier molecular flexibility index (Phi) is 6.39. The molecule has 0 radical (unpaired) electrons. The van der Waals surface area contributed by atoms with Crippen LogP contribution >= 0.6 is 0 Å². The van der Waals surface area contributed by atoms with Crippen LogP contribution < -0.4 is 24.8 Å². The fourth-order valence-corrected chi connectivity index (χ4v) is 3.07. The van der Waals surface area contributed by atoms with Crippen molar-refractivity contribution in [2.24, 2.45) is 4.99 Å². The predicted octanol–water partition coefficient (Wildman–Crippen LogP) is 3.50. The maximum absolute atomic E-state index is 5.45. The molecule has 0 atom stereocenters. The molecule has 30 heavy (non-hydrogen) atoms. The maximum atomic E-state index is 5.45. The van der Waals surface area contributed by atoms with Gasteiger partial charge >= 0.3 is 0 Å². The van der Waals surface area contributed by atoms with Crippen LogP contribution in [0.3, 0.4) is 0 Å².